The van der Waals surface area contributed by atoms with Gasteiger partial charge in [-0.25, -0.2) is 4.90 Å². The number of amides is 2. The average molecular weight is 459 g/mol. The number of nitrogens with one attached hydrogen (secondary N) is 1. The van der Waals surface area contributed by atoms with Gasteiger partial charge in [0.2, 0.25) is 0 Å². The molecule has 0 fully saturated rings. The van der Waals surface area contributed by atoms with Crippen molar-refractivity contribution in [1.82, 2.24) is 0 Å². The van der Waals surface area contributed by atoms with E-state index >= 15 is 0 Å². The van der Waals surface area contributed by atoms with Crippen molar-refractivity contribution in [1.29, 1.82) is 0 Å². The molecule has 0 saturated heterocycles. The van der Waals surface area contributed by atoms with E-state index in [9.17, 15) is 9.59 Å². The summed E-state index contributed by atoms with van der Waals surface area (Å²) in [5.41, 5.74) is 2.21. The Bertz CT molecular complexity index is 1210. The van der Waals surface area contributed by atoms with Gasteiger partial charge in [-0.05, 0) is 80.1 Å². The van der Waals surface area contributed by atoms with Crippen LogP contribution in [0.1, 0.15) is 19.4 Å². The quantitative estimate of drug-likeness (QED) is 0.485. The zero-order valence-corrected chi connectivity index (χ0v) is 19.5. The second-order valence-electron chi connectivity index (χ2n) is 7.94. The summed E-state index contributed by atoms with van der Waals surface area (Å²) in [7, 11) is 3.13. The first-order valence-electron chi connectivity index (χ1n) is 10.9. The third-order valence-corrected chi connectivity index (χ3v) is 5.29. The molecule has 0 bridgehead atoms. The van der Waals surface area contributed by atoms with E-state index in [1.165, 1.54) is 0 Å². The van der Waals surface area contributed by atoms with E-state index in [0.29, 0.717) is 28.4 Å². The predicted octanol–water partition coefficient (Wildman–Crippen LogP) is 4.89. The molecule has 34 heavy (non-hydrogen) atoms. The number of anilines is 2. The van der Waals surface area contributed by atoms with Gasteiger partial charge < -0.3 is 19.5 Å². The molecule has 0 radical (unpaired) electrons. The fourth-order valence-corrected chi connectivity index (χ4v) is 3.67. The Kier molecular flexibility index (Phi) is 6.54. The number of methoxy groups -OCH3 is 2. The number of rotatable bonds is 8. The zero-order chi connectivity index (χ0) is 24.2. The molecule has 1 aliphatic rings. The fourth-order valence-electron chi connectivity index (χ4n) is 3.67. The van der Waals surface area contributed by atoms with Crippen LogP contribution in [0.15, 0.2) is 78.5 Å². The van der Waals surface area contributed by atoms with Crippen molar-refractivity contribution < 1.29 is 23.8 Å². The summed E-state index contributed by atoms with van der Waals surface area (Å²) >= 11 is 0. The second-order valence-corrected chi connectivity index (χ2v) is 7.94. The summed E-state index contributed by atoms with van der Waals surface area (Å²) in [5, 5.41) is 3.16. The lowest BCUT2D eigenvalue weighted by molar-refractivity contribution is -0.120. The molecule has 7 nitrogen and oxygen atoms in total. The molecule has 3 aromatic rings. The van der Waals surface area contributed by atoms with Crippen LogP contribution >= 0.6 is 0 Å². The van der Waals surface area contributed by atoms with Crippen LogP contribution in [0.3, 0.4) is 0 Å². The molecule has 4 rings (SSSR count). The van der Waals surface area contributed by atoms with Crippen LogP contribution in [0.25, 0.3) is 5.57 Å². The molecule has 2 amide bonds. The molecule has 1 heterocycles. The van der Waals surface area contributed by atoms with Crippen molar-refractivity contribution >= 4 is 28.8 Å². The van der Waals surface area contributed by atoms with Gasteiger partial charge in [0.05, 0.1) is 31.6 Å². The maximum absolute atomic E-state index is 13.5. The van der Waals surface area contributed by atoms with E-state index in [4.69, 9.17) is 14.2 Å². The highest BCUT2D eigenvalue weighted by atomic mass is 16.5. The van der Waals surface area contributed by atoms with Gasteiger partial charge in [0.1, 0.15) is 22.9 Å². The third kappa shape index (κ3) is 4.59. The highest BCUT2D eigenvalue weighted by Gasteiger charge is 2.40. The van der Waals surface area contributed by atoms with E-state index in [1.54, 1.807) is 62.8 Å². The molecular weight excluding hydrogens is 432 g/mol. The van der Waals surface area contributed by atoms with E-state index in [2.05, 4.69) is 5.32 Å². The maximum Gasteiger partial charge on any atom is 0.282 e. The Balaban J connectivity index is 1.72. The molecule has 0 spiro atoms. The Morgan fingerprint density at radius 2 is 1.24 bits per heavy atom. The molecule has 0 unspecified atom stereocenters. The first kappa shape index (κ1) is 22.9. The highest BCUT2D eigenvalue weighted by molar-refractivity contribution is 6.46. The average Bonchev–Trinajstić information content (AvgIpc) is 3.09. The van der Waals surface area contributed by atoms with Crippen LogP contribution in [-0.4, -0.2) is 32.1 Å². The van der Waals surface area contributed by atoms with E-state index < -0.39 is 11.8 Å². The van der Waals surface area contributed by atoms with Gasteiger partial charge in [0.25, 0.3) is 11.8 Å². The number of hydrogen-bond acceptors (Lipinski definition) is 6. The number of carbonyl (C=O) groups is 2. The molecular formula is C27H26N2O5. The third-order valence-electron chi connectivity index (χ3n) is 5.29. The lowest BCUT2D eigenvalue weighted by Crippen LogP contribution is -2.32. The molecule has 1 N–H and O–H groups in total. The number of ether oxygens (including phenoxy) is 3. The molecule has 1 aliphatic heterocycles. The first-order chi connectivity index (χ1) is 16.4. The van der Waals surface area contributed by atoms with E-state index in [0.717, 1.165) is 10.6 Å². The van der Waals surface area contributed by atoms with Crippen molar-refractivity contribution in [3.05, 3.63) is 84.1 Å². The van der Waals surface area contributed by atoms with Crippen molar-refractivity contribution in [3.63, 3.8) is 0 Å². The SMILES string of the molecule is COc1ccc(C2=C(Nc3ccc(OC(C)C)cc3)C(=O)N(c3ccc(OC)cc3)C2=O)cc1. The summed E-state index contributed by atoms with van der Waals surface area (Å²) in [6, 6.07) is 21.1. The van der Waals surface area contributed by atoms with Gasteiger partial charge in [-0.15, -0.1) is 0 Å². The van der Waals surface area contributed by atoms with Gasteiger partial charge in [0.15, 0.2) is 0 Å². The Morgan fingerprint density at radius 3 is 1.76 bits per heavy atom. The smallest absolute Gasteiger partial charge is 0.282 e. The van der Waals surface area contributed by atoms with Crippen LogP contribution < -0.4 is 24.4 Å². The highest BCUT2D eigenvalue weighted by Crippen LogP contribution is 2.35. The largest absolute Gasteiger partial charge is 0.497 e. The predicted molar refractivity (Wildman–Crippen MR) is 131 cm³/mol. The summed E-state index contributed by atoms with van der Waals surface area (Å²) in [6.45, 7) is 3.91. The fraction of sp³-hybridized carbons (Fsp3) is 0.185. The van der Waals surface area contributed by atoms with Crippen molar-refractivity contribution in [2.75, 3.05) is 24.4 Å². The minimum atomic E-state index is -0.441. The van der Waals surface area contributed by atoms with Gasteiger partial charge in [-0.3, -0.25) is 9.59 Å². The Labute approximate surface area is 198 Å². The normalized spacial score (nSPS) is 13.5. The number of imide groups is 1. The first-order valence-corrected chi connectivity index (χ1v) is 10.9. The van der Waals surface area contributed by atoms with Gasteiger partial charge in [0, 0.05) is 5.69 Å². The number of carbonyl (C=O) groups excluding carboxylic acids is 2. The number of benzene rings is 3. The zero-order valence-electron chi connectivity index (χ0n) is 19.5. The number of hydrogen-bond donors (Lipinski definition) is 1. The van der Waals surface area contributed by atoms with Crippen molar-refractivity contribution in [3.8, 4) is 17.2 Å². The summed E-state index contributed by atoms with van der Waals surface area (Å²) < 4.78 is 16.1. The van der Waals surface area contributed by atoms with Crippen LogP contribution in [0.5, 0.6) is 17.2 Å². The van der Waals surface area contributed by atoms with Crippen LogP contribution in [0.4, 0.5) is 11.4 Å². The Hall–Kier alpha value is -4.26. The molecule has 0 atom stereocenters. The standard InChI is InChI=1S/C27H26N2O5/c1-17(2)34-23-13-7-19(8-14-23)28-25-24(18-5-11-21(32-3)12-6-18)26(30)29(27(25)31)20-9-15-22(33-4)16-10-20/h5-17,28H,1-4H3. The molecule has 174 valence electrons. The number of nitrogens with zero attached hydrogens (tertiary/aromatic N) is 1. The lowest BCUT2D eigenvalue weighted by Gasteiger charge is -2.16. The minimum absolute atomic E-state index is 0.0512. The molecule has 0 saturated carbocycles. The van der Waals surface area contributed by atoms with Gasteiger partial charge in [-0.2, -0.15) is 0 Å². The maximum atomic E-state index is 13.5. The van der Waals surface area contributed by atoms with E-state index in [1.807, 2.05) is 38.1 Å². The van der Waals surface area contributed by atoms with E-state index in [-0.39, 0.29) is 17.4 Å². The summed E-state index contributed by atoms with van der Waals surface area (Å²) in [6.07, 6.45) is 0.0512. The molecule has 7 heteroatoms. The lowest BCUT2D eigenvalue weighted by atomic mass is 10.0. The monoisotopic (exact) mass is 458 g/mol. The second kappa shape index (κ2) is 9.70. The van der Waals surface area contributed by atoms with Crippen molar-refractivity contribution in [2.45, 2.75) is 20.0 Å². The molecule has 0 aromatic heterocycles. The minimum Gasteiger partial charge on any atom is -0.497 e. The molecule has 0 aliphatic carbocycles. The van der Waals surface area contributed by atoms with Crippen LogP contribution in [0, 0.1) is 0 Å². The molecule has 3 aromatic carbocycles. The van der Waals surface area contributed by atoms with Crippen LogP contribution in [-0.2, 0) is 9.59 Å². The Morgan fingerprint density at radius 1 is 0.706 bits per heavy atom. The van der Waals surface area contributed by atoms with Gasteiger partial charge in [-0.1, -0.05) is 12.1 Å². The summed E-state index contributed by atoms with van der Waals surface area (Å²) in [4.78, 5) is 28.2. The van der Waals surface area contributed by atoms with Crippen LogP contribution in [0.2, 0.25) is 0 Å². The van der Waals surface area contributed by atoms with Gasteiger partial charge >= 0.3 is 0 Å². The summed E-state index contributed by atoms with van der Waals surface area (Å²) in [5.74, 6) is 1.15. The topological polar surface area (TPSA) is 77.1 Å². The van der Waals surface area contributed by atoms with Crippen molar-refractivity contribution in [2.24, 2.45) is 0 Å².